The second kappa shape index (κ2) is 7.61. The summed E-state index contributed by atoms with van der Waals surface area (Å²) in [7, 11) is 0. The Morgan fingerprint density at radius 3 is 2.61 bits per heavy atom. The monoisotopic (exact) mass is 380 g/mol. The van der Waals surface area contributed by atoms with Crippen molar-refractivity contribution in [1.29, 1.82) is 0 Å². The van der Waals surface area contributed by atoms with Crippen molar-refractivity contribution in [3.8, 4) is 11.4 Å². The van der Waals surface area contributed by atoms with Gasteiger partial charge in [-0.15, -0.1) is 0 Å². The van der Waals surface area contributed by atoms with Gasteiger partial charge in [-0.2, -0.15) is 5.10 Å². The summed E-state index contributed by atoms with van der Waals surface area (Å²) in [6.45, 7) is 0.0830. The van der Waals surface area contributed by atoms with Gasteiger partial charge in [-0.3, -0.25) is 9.36 Å². The molecule has 7 nitrogen and oxygen atoms in total. The van der Waals surface area contributed by atoms with Crippen LogP contribution in [0.2, 0.25) is 0 Å². The average Bonchev–Trinajstić information content (AvgIpc) is 3.15. The molecule has 28 heavy (non-hydrogen) atoms. The molecule has 4 aromatic rings. The van der Waals surface area contributed by atoms with E-state index in [1.165, 1.54) is 33.9 Å². The van der Waals surface area contributed by atoms with Crippen molar-refractivity contribution in [2.75, 3.05) is 6.61 Å². The van der Waals surface area contributed by atoms with E-state index in [0.29, 0.717) is 22.5 Å². The first kappa shape index (κ1) is 17.9. The number of aliphatic hydroxyl groups excluding tert-OH is 1. The lowest BCUT2D eigenvalue weighted by atomic mass is 10.3. The van der Waals surface area contributed by atoms with Crippen LogP contribution in [0.25, 0.3) is 16.7 Å². The van der Waals surface area contributed by atoms with Crippen LogP contribution in [-0.2, 0) is 6.54 Å². The Balaban J connectivity index is 1.53. The van der Waals surface area contributed by atoms with Crippen LogP contribution in [0.5, 0.6) is 5.75 Å². The molecule has 2 aromatic heterocycles. The average molecular weight is 380 g/mol. The molecule has 0 radical (unpaired) electrons. The number of hydrogen-bond acceptors (Lipinski definition) is 5. The molecule has 1 N–H and O–H groups in total. The third kappa shape index (κ3) is 3.63. The number of fused-ring (bicyclic) bond motifs is 1. The Morgan fingerprint density at radius 2 is 1.86 bits per heavy atom. The maximum absolute atomic E-state index is 13.1. The van der Waals surface area contributed by atoms with Crippen molar-refractivity contribution < 1.29 is 14.2 Å². The molecule has 0 saturated carbocycles. The maximum Gasteiger partial charge on any atom is 0.264 e. The summed E-state index contributed by atoms with van der Waals surface area (Å²) >= 11 is 0. The third-order valence-electron chi connectivity index (χ3n) is 4.22. The summed E-state index contributed by atoms with van der Waals surface area (Å²) < 4.78 is 21.4. The first-order chi connectivity index (χ1) is 13.6. The van der Waals surface area contributed by atoms with Gasteiger partial charge in [0.05, 0.1) is 18.4 Å². The minimum atomic E-state index is -0.885. The Labute approximate surface area is 159 Å². The summed E-state index contributed by atoms with van der Waals surface area (Å²) in [5.74, 6) is 0.283. The molecule has 1 unspecified atom stereocenters. The van der Waals surface area contributed by atoms with E-state index in [1.54, 1.807) is 24.3 Å². The minimum absolute atomic E-state index is 0.0380. The Kier molecular flexibility index (Phi) is 4.86. The van der Waals surface area contributed by atoms with E-state index in [-0.39, 0.29) is 24.5 Å². The van der Waals surface area contributed by atoms with E-state index in [4.69, 9.17) is 4.74 Å². The standard InChI is InChI=1S/C20H17FN4O3/c21-14-6-8-15(9-7-14)25-19-18(10-23-25)20(27)24(13-22-19)11-16(26)12-28-17-4-2-1-3-5-17/h1-10,13,16,26H,11-12H2. The second-order valence-corrected chi connectivity index (χ2v) is 6.25. The Morgan fingerprint density at radius 1 is 1.11 bits per heavy atom. The van der Waals surface area contributed by atoms with Gasteiger partial charge in [0.2, 0.25) is 0 Å². The fraction of sp³-hybridized carbons (Fsp3) is 0.150. The van der Waals surface area contributed by atoms with Gasteiger partial charge in [0, 0.05) is 0 Å². The van der Waals surface area contributed by atoms with Gasteiger partial charge in [-0.1, -0.05) is 18.2 Å². The van der Waals surface area contributed by atoms with E-state index < -0.39 is 6.10 Å². The molecule has 2 aromatic carbocycles. The van der Waals surface area contributed by atoms with Crippen molar-refractivity contribution in [2.24, 2.45) is 0 Å². The smallest absolute Gasteiger partial charge is 0.264 e. The van der Waals surface area contributed by atoms with Crippen LogP contribution in [0.1, 0.15) is 0 Å². The molecule has 0 saturated heterocycles. The summed E-state index contributed by atoms with van der Waals surface area (Å²) in [6, 6.07) is 14.9. The lowest BCUT2D eigenvalue weighted by Crippen LogP contribution is -2.30. The molecule has 0 aliphatic heterocycles. The molecule has 0 fully saturated rings. The molecule has 0 aliphatic rings. The highest BCUT2D eigenvalue weighted by Gasteiger charge is 2.14. The van der Waals surface area contributed by atoms with Crippen molar-refractivity contribution in [3.05, 3.63) is 83.3 Å². The second-order valence-electron chi connectivity index (χ2n) is 6.25. The molecule has 142 valence electrons. The Bertz CT molecular complexity index is 1140. The molecular formula is C20H17FN4O3. The third-order valence-corrected chi connectivity index (χ3v) is 4.22. The van der Waals surface area contributed by atoms with Crippen LogP contribution >= 0.6 is 0 Å². The number of rotatable bonds is 6. The normalized spacial score (nSPS) is 12.2. The Hall–Kier alpha value is -3.52. The lowest BCUT2D eigenvalue weighted by Gasteiger charge is -2.13. The van der Waals surface area contributed by atoms with Crippen molar-refractivity contribution >= 4 is 11.0 Å². The molecule has 0 aliphatic carbocycles. The van der Waals surface area contributed by atoms with Crippen LogP contribution in [0.3, 0.4) is 0 Å². The molecule has 0 amide bonds. The number of halogens is 1. The quantitative estimate of drug-likeness (QED) is 0.554. The summed E-state index contributed by atoms with van der Waals surface area (Å²) in [4.78, 5) is 17.0. The molecule has 2 heterocycles. The highest BCUT2D eigenvalue weighted by molar-refractivity contribution is 5.74. The van der Waals surface area contributed by atoms with Crippen molar-refractivity contribution in [1.82, 2.24) is 19.3 Å². The van der Waals surface area contributed by atoms with Gasteiger partial charge in [0.15, 0.2) is 5.65 Å². The zero-order chi connectivity index (χ0) is 19.5. The van der Waals surface area contributed by atoms with Crippen LogP contribution in [-0.4, -0.2) is 37.1 Å². The van der Waals surface area contributed by atoms with Crippen molar-refractivity contribution in [3.63, 3.8) is 0 Å². The summed E-state index contributed by atoms with van der Waals surface area (Å²) in [5, 5.41) is 14.7. The van der Waals surface area contributed by atoms with E-state index in [1.807, 2.05) is 18.2 Å². The summed E-state index contributed by atoms with van der Waals surface area (Å²) in [5.41, 5.74) is 0.636. The maximum atomic E-state index is 13.1. The molecule has 0 bridgehead atoms. The van der Waals surface area contributed by atoms with Crippen molar-refractivity contribution in [2.45, 2.75) is 12.6 Å². The van der Waals surface area contributed by atoms with E-state index >= 15 is 0 Å². The van der Waals surface area contributed by atoms with Crippen LogP contribution in [0, 0.1) is 5.82 Å². The SMILES string of the molecule is O=c1c2cnn(-c3ccc(F)cc3)c2ncn1CC(O)COc1ccccc1. The first-order valence-electron chi connectivity index (χ1n) is 8.67. The molecular weight excluding hydrogens is 363 g/mol. The highest BCUT2D eigenvalue weighted by Crippen LogP contribution is 2.14. The fourth-order valence-electron chi connectivity index (χ4n) is 2.84. The first-order valence-corrected chi connectivity index (χ1v) is 8.67. The number of ether oxygens (including phenoxy) is 1. The fourth-order valence-corrected chi connectivity index (χ4v) is 2.84. The van der Waals surface area contributed by atoms with Gasteiger partial charge in [0.25, 0.3) is 5.56 Å². The largest absolute Gasteiger partial charge is 0.491 e. The van der Waals surface area contributed by atoms with E-state index in [9.17, 15) is 14.3 Å². The van der Waals surface area contributed by atoms with Gasteiger partial charge in [-0.25, -0.2) is 14.1 Å². The number of aliphatic hydroxyl groups is 1. The predicted octanol–water partition coefficient (Wildman–Crippen LogP) is 2.16. The molecule has 8 heteroatoms. The molecule has 1 atom stereocenters. The topological polar surface area (TPSA) is 82.2 Å². The number of hydrogen-bond donors (Lipinski definition) is 1. The zero-order valence-electron chi connectivity index (χ0n) is 14.8. The molecule has 0 spiro atoms. The molecule has 4 rings (SSSR count). The van der Waals surface area contributed by atoms with Gasteiger partial charge in [-0.05, 0) is 36.4 Å². The van der Waals surface area contributed by atoms with Crippen LogP contribution in [0.4, 0.5) is 4.39 Å². The zero-order valence-corrected chi connectivity index (χ0v) is 14.8. The van der Waals surface area contributed by atoms with E-state index in [0.717, 1.165) is 0 Å². The van der Waals surface area contributed by atoms with Crippen LogP contribution in [0.15, 0.2) is 71.9 Å². The summed E-state index contributed by atoms with van der Waals surface area (Å²) in [6.07, 6.45) is 1.89. The van der Waals surface area contributed by atoms with Gasteiger partial charge in [0.1, 0.15) is 36.0 Å². The minimum Gasteiger partial charge on any atom is -0.491 e. The number of benzene rings is 2. The van der Waals surface area contributed by atoms with Crippen LogP contribution < -0.4 is 10.3 Å². The van der Waals surface area contributed by atoms with Gasteiger partial charge < -0.3 is 9.84 Å². The highest BCUT2D eigenvalue weighted by atomic mass is 19.1. The van der Waals surface area contributed by atoms with E-state index in [2.05, 4.69) is 10.1 Å². The lowest BCUT2D eigenvalue weighted by molar-refractivity contribution is 0.0915. The number of para-hydroxylation sites is 1. The number of aromatic nitrogens is 4. The number of nitrogens with zero attached hydrogens (tertiary/aromatic N) is 4. The van der Waals surface area contributed by atoms with Gasteiger partial charge >= 0.3 is 0 Å². The predicted molar refractivity (Wildman–Crippen MR) is 101 cm³/mol.